The van der Waals surface area contributed by atoms with Crippen LogP contribution >= 0.6 is 69.6 Å². The van der Waals surface area contributed by atoms with E-state index in [1.165, 1.54) is 0 Å². The summed E-state index contributed by atoms with van der Waals surface area (Å²) in [4.78, 5) is 9.19. The summed E-state index contributed by atoms with van der Waals surface area (Å²) in [5.74, 6) is -0.358. The fourth-order valence-corrected chi connectivity index (χ4v) is 19.9. The predicted molar refractivity (Wildman–Crippen MR) is 461 cm³/mol. The van der Waals surface area contributed by atoms with Crippen LogP contribution in [0.15, 0.2) is 142 Å². The van der Waals surface area contributed by atoms with Crippen LogP contribution in [-0.4, -0.2) is 268 Å². The molecule has 9 aromatic rings. The number of aromatic nitrogens is 9. The minimum Gasteiger partial charge on any atom is -0.379 e. The van der Waals surface area contributed by atoms with Gasteiger partial charge >= 0.3 is 0 Å². The van der Waals surface area contributed by atoms with E-state index in [1.807, 2.05) is 76.1 Å². The standard InChI is InChI=1S/C82H103Cl6N15O15S3/c1-97-53-74(71-41-62(83)44-80(86)77(71)56-97)59-8-4-11-68(38-59)119(104,105)37-7-19-110-25-31-116-34-28-113-22-16-101-50-65(91-94-101)47-100(48-66-51-102(95-92-66)17-23-114-29-35-117-32-26-111-20-14-89-120(106,107)69-12-5-9-60(39-69)75-54-98(2)57-78-72(75)42-63(84)45-81(78)87)49-67-52-103(96-93-67)18-24-115-30-36-118-33-27-112-21-15-90-121(108,109)70-13-6-10-61(40-70)76-55-99(3)58-79-73(76)43-64(85)46-82(79)88/h4-6,8-13,38-46,50-52,74-76,89-90H,7,14-37,47-49,53-58H2,1-3H3/t74-,75-,76-/m0/s1. The van der Waals surface area contributed by atoms with Crippen LogP contribution in [-0.2, 0) is 131 Å². The molecule has 0 spiro atoms. The van der Waals surface area contributed by atoms with Gasteiger partial charge in [0.2, 0.25) is 20.0 Å². The zero-order chi connectivity index (χ0) is 85.3. The fourth-order valence-electron chi connectivity index (χ4n) is 14.8. The number of sulfonamides is 2. The van der Waals surface area contributed by atoms with Gasteiger partial charge in [-0.3, -0.25) is 4.90 Å². The normalized spacial score (nSPS) is 16.2. The maximum Gasteiger partial charge on any atom is 0.240 e. The van der Waals surface area contributed by atoms with Gasteiger partial charge in [0.05, 0.1) is 169 Å². The first-order valence-corrected chi connectivity index (χ1v) is 46.9. The number of ether oxygens (including phenoxy) is 9. The van der Waals surface area contributed by atoms with Crippen LogP contribution in [0.4, 0.5) is 0 Å². The molecule has 3 aliphatic heterocycles. The molecule has 656 valence electrons. The number of hydrogen-bond acceptors (Lipinski definition) is 25. The Labute approximate surface area is 737 Å². The van der Waals surface area contributed by atoms with E-state index < -0.39 is 29.9 Å². The van der Waals surface area contributed by atoms with E-state index in [4.69, 9.17) is 112 Å². The Morgan fingerprint density at radius 3 is 1.02 bits per heavy atom. The maximum atomic E-state index is 13.5. The molecule has 6 aromatic carbocycles. The number of rotatable bonds is 51. The van der Waals surface area contributed by atoms with Crippen molar-refractivity contribution >= 4 is 99.5 Å². The zero-order valence-corrected chi connectivity index (χ0v) is 74.8. The highest BCUT2D eigenvalue weighted by molar-refractivity contribution is 7.91. The highest BCUT2D eigenvalue weighted by Crippen LogP contribution is 2.42. The monoisotopic (exact) mass is 1840 g/mol. The highest BCUT2D eigenvalue weighted by atomic mass is 35.5. The topological polar surface area (TPSA) is 315 Å². The largest absolute Gasteiger partial charge is 0.379 e. The average Bonchev–Trinajstić information content (AvgIpc) is 1.33. The van der Waals surface area contributed by atoms with Crippen LogP contribution in [0.5, 0.6) is 0 Å². The number of benzene rings is 6. The van der Waals surface area contributed by atoms with Crippen molar-refractivity contribution in [2.45, 2.75) is 97.8 Å². The van der Waals surface area contributed by atoms with Gasteiger partial charge in [0.25, 0.3) is 0 Å². The van der Waals surface area contributed by atoms with E-state index in [0.29, 0.717) is 218 Å². The fraction of sp³-hybridized carbons (Fsp3) is 0.488. The number of fused-ring (bicyclic) bond motifs is 3. The van der Waals surface area contributed by atoms with Crippen LogP contribution in [0.2, 0.25) is 30.1 Å². The smallest absolute Gasteiger partial charge is 0.240 e. The molecule has 0 saturated carbocycles. The highest BCUT2D eigenvalue weighted by Gasteiger charge is 2.33. The van der Waals surface area contributed by atoms with Crippen molar-refractivity contribution in [2.75, 3.05) is 179 Å². The lowest BCUT2D eigenvalue weighted by Crippen LogP contribution is -2.31. The SMILES string of the molecule is CN1Cc2c(Cl)cc(Cl)cc2[C@H](c2cccc(S(=O)(=O)CCCOCCOCCOCCn3cc(CN(Cc4cn(CCOCCOCCOCCNS(=O)(=O)c5cccc([C@@H]6CN(C)Cc7c(Cl)cc(Cl)cc76)c5)nn4)Cc4cn(CCOCCOCCOCCNS(=O)(=O)c5cccc([C@@H]6CN(C)Cc7c(Cl)cc(Cl)cc76)c5)nn4)nn3)c2)C1. The number of halogens is 6. The number of likely N-dealkylation sites (N-methyl/N-ethyl adjacent to an activating group) is 3. The quantitative estimate of drug-likeness (QED) is 0.0335. The van der Waals surface area contributed by atoms with E-state index in [1.54, 1.807) is 86.8 Å². The summed E-state index contributed by atoms with van der Waals surface area (Å²) in [6.07, 6.45) is 5.92. The molecular weight excluding hydrogens is 1740 g/mol. The third-order valence-electron chi connectivity index (χ3n) is 20.6. The zero-order valence-electron chi connectivity index (χ0n) is 67.8. The molecule has 0 fully saturated rings. The van der Waals surface area contributed by atoms with Gasteiger partial charge < -0.3 is 57.3 Å². The molecule has 0 unspecified atom stereocenters. The second-order valence-electron chi connectivity index (χ2n) is 29.9. The van der Waals surface area contributed by atoms with Crippen molar-refractivity contribution in [3.8, 4) is 0 Å². The number of nitrogens with zero attached hydrogens (tertiary/aromatic N) is 13. The summed E-state index contributed by atoms with van der Waals surface area (Å²) in [6, 6.07) is 32.0. The third kappa shape index (κ3) is 28.1. The van der Waals surface area contributed by atoms with Crippen molar-refractivity contribution in [1.82, 2.24) is 74.0 Å². The Hall–Kier alpha value is -6.27. The molecule has 2 N–H and O–H groups in total. The first kappa shape index (κ1) is 93.9. The van der Waals surface area contributed by atoms with Crippen molar-refractivity contribution in [1.29, 1.82) is 0 Å². The molecule has 121 heavy (non-hydrogen) atoms. The molecule has 3 aromatic heterocycles. The minimum absolute atomic E-state index is 0.0587. The van der Waals surface area contributed by atoms with E-state index >= 15 is 0 Å². The summed E-state index contributed by atoms with van der Waals surface area (Å²) < 4.78 is 143. The molecule has 12 rings (SSSR count). The van der Waals surface area contributed by atoms with Gasteiger partial charge in [-0.15, -0.1) is 15.3 Å². The second-order valence-corrected chi connectivity index (χ2v) is 38.0. The maximum absolute atomic E-state index is 13.5. The molecule has 0 aliphatic carbocycles. The van der Waals surface area contributed by atoms with Crippen molar-refractivity contribution in [2.24, 2.45) is 0 Å². The predicted octanol–water partition coefficient (Wildman–Crippen LogP) is 10.3. The van der Waals surface area contributed by atoms with Crippen LogP contribution in [0.3, 0.4) is 0 Å². The Morgan fingerprint density at radius 1 is 0.380 bits per heavy atom. The van der Waals surface area contributed by atoms with Gasteiger partial charge in [-0.2, -0.15) is 0 Å². The van der Waals surface area contributed by atoms with Crippen molar-refractivity contribution in [3.63, 3.8) is 0 Å². The van der Waals surface area contributed by atoms with Gasteiger partial charge in [0.1, 0.15) is 0 Å². The van der Waals surface area contributed by atoms with Gasteiger partial charge in [-0.1, -0.05) is 122 Å². The molecule has 3 aliphatic rings. The lowest BCUT2D eigenvalue weighted by atomic mass is 9.85. The third-order valence-corrected chi connectivity index (χ3v) is 26.9. The van der Waals surface area contributed by atoms with E-state index in [9.17, 15) is 25.3 Å². The van der Waals surface area contributed by atoms with Gasteiger partial charge in [0.15, 0.2) is 9.84 Å². The summed E-state index contributed by atoms with van der Waals surface area (Å²) in [5.41, 5.74) is 10.7. The first-order valence-electron chi connectivity index (χ1n) is 40.0. The van der Waals surface area contributed by atoms with Gasteiger partial charge in [0, 0.05) is 145 Å². The summed E-state index contributed by atoms with van der Waals surface area (Å²) >= 11 is 39.0. The van der Waals surface area contributed by atoms with E-state index in [-0.39, 0.29) is 84.3 Å². The summed E-state index contributed by atoms with van der Waals surface area (Å²) in [5, 5.41) is 29.9. The van der Waals surface area contributed by atoms with Gasteiger partial charge in [-0.05, 0) is 150 Å². The number of nitrogens with one attached hydrogen (secondary N) is 2. The molecule has 30 nitrogen and oxygen atoms in total. The molecule has 0 amide bonds. The van der Waals surface area contributed by atoms with Crippen LogP contribution in [0.25, 0.3) is 0 Å². The Morgan fingerprint density at radius 2 is 0.678 bits per heavy atom. The summed E-state index contributed by atoms with van der Waals surface area (Å²) in [7, 11) is -5.20. The Kier molecular flexibility index (Phi) is 35.9. The lowest BCUT2D eigenvalue weighted by Gasteiger charge is -2.33. The van der Waals surface area contributed by atoms with Crippen molar-refractivity contribution < 1.29 is 67.9 Å². The summed E-state index contributed by atoms with van der Waals surface area (Å²) in [6.45, 7) is 12.1. The van der Waals surface area contributed by atoms with E-state index in [2.05, 4.69) is 60.0 Å². The minimum atomic E-state index is -3.83. The van der Waals surface area contributed by atoms with Gasteiger partial charge in [-0.25, -0.2) is 48.7 Å². The molecule has 3 atom stereocenters. The second kappa shape index (κ2) is 46.3. The van der Waals surface area contributed by atoms with E-state index in [0.717, 1.165) is 50.1 Å². The number of hydrogen-bond donors (Lipinski definition) is 2. The van der Waals surface area contributed by atoms with Crippen LogP contribution < -0.4 is 9.44 Å². The molecule has 0 saturated heterocycles. The number of sulfone groups is 1. The molecule has 39 heteroatoms. The van der Waals surface area contributed by atoms with Crippen molar-refractivity contribution in [3.05, 3.63) is 225 Å². The Bertz CT molecular complexity index is 4710. The van der Waals surface area contributed by atoms with Crippen LogP contribution in [0, 0.1) is 0 Å². The first-order chi connectivity index (χ1) is 58.4. The lowest BCUT2D eigenvalue weighted by molar-refractivity contribution is 0.0129. The molecule has 6 heterocycles. The average molecular weight is 1850 g/mol. The molecule has 0 radical (unpaired) electrons. The molecule has 0 bridgehead atoms. The Balaban J connectivity index is 0.532. The van der Waals surface area contributed by atoms with Crippen LogP contribution in [0.1, 0.15) is 91.3 Å². The molecular formula is C82H103Cl6N15O15S3.